The Labute approximate surface area is 221 Å². The molecule has 0 spiro atoms. The van der Waals surface area contributed by atoms with E-state index in [4.69, 9.17) is 14.6 Å². The summed E-state index contributed by atoms with van der Waals surface area (Å²) < 4.78 is 12.3. The summed E-state index contributed by atoms with van der Waals surface area (Å²) in [6, 6.07) is 3.03. The van der Waals surface area contributed by atoms with Crippen molar-refractivity contribution in [2.75, 3.05) is 0 Å². The standard InChI is InChI=1S/C30H43NO6/c1-7-8-9-12-22-18-24(36-29(35)28(21(4)5)31-26(32)13-14-27(33)34)23-15-17-30(6,37-25(23)19-22)16-10-11-20(2)3/h11,15,17-19,21,28H,7-10,12-14,16H2,1-6H3,(H,31,32)(H,33,34). The van der Waals surface area contributed by atoms with E-state index >= 15 is 0 Å². The molecule has 1 amide bonds. The first-order chi connectivity index (χ1) is 17.4. The van der Waals surface area contributed by atoms with Crippen LogP contribution in [-0.4, -0.2) is 34.6 Å². The number of aryl methyl sites for hydroxylation is 1. The third-order valence-corrected chi connectivity index (χ3v) is 6.39. The number of aliphatic carboxylic acids is 1. The Morgan fingerprint density at radius 3 is 2.51 bits per heavy atom. The average molecular weight is 514 g/mol. The second-order valence-electron chi connectivity index (χ2n) is 10.6. The number of hydrogen-bond donors (Lipinski definition) is 2. The molecule has 0 radical (unpaired) electrons. The number of rotatable bonds is 14. The molecular formula is C30H43NO6. The SMILES string of the molecule is CCCCCc1cc(OC(=O)C(NC(=O)CCC(=O)O)C(C)C)c2c(c1)OC(C)(CCC=C(C)C)C=C2. The summed E-state index contributed by atoms with van der Waals surface area (Å²) in [6.07, 6.45) is 11.4. The van der Waals surface area contributed by atoms with Gasteiger partial charge < -0.3 is 19.9 Å². The van der Waals surface area contributed by atoms with E-state index in [1.165, 1.54) is 5.57 Å². The van der Waals surface area contributed by atoms with Gasteiger partial charge in [0, 0.05) is 6.42 Å². The minimum atomic E-state index is -1.06. The number of hydrogen-bond acceptors (Lipinski definition) is 5. The van der Waals surface area contributed by atoms with E-state index in [-0.39, 0.29) is 18.8 Å². The molecule has 0 aliphatic carbocycles. The molecule has 0 saturated heterocycles. The molecule has 2 rings (SSSR count). The van der Waals surface area contributed by atoms with Crippen molar-refractivity contribution in [1.29, 1.82) is 0 Å². The Morgan fingerprint density at radius 1 is 1.16 bits per heavy atom. The highest BCUT2D eigenvalue weighted by atomic mass is 16.5. The lowest BCUT2D eigenvalue weighted by molar-refractivity contribution is -0.141. The van der Waals surface area contributed by atoms with E-state index in [0.29, 0.717) is 17.1 Å². The maximum Gasteiger partial charge on any atom is 0.334 e. The molecule has 7 heteroatoms. The molecule has 0 fully saturated rings. The smallest absolute Gasteiger partial charge is 0.334 e. The maximum atomic E-state index is 13.2. The van der Waals surface area contributed by atoms with Crippen molar-refractivity contribution in [3.8, 4) is 11.5 Å². The summed E-state index contributed by atoms with van der Waals surface area (Å²) in [5, 5.41) is 11.5. The molecule has 7 nitrogen and oxygen atoms in total. The van der Waals surface area contributed by atoms with Gasteiger partial charge in [0.05, 0.1) is 12.0 Å². The van der Waals surface area contributed by atoms with E-state index in [9.17, 15) is 14.4 Å². The number of nitrogens with one attached hydrogen (secondary N) is 1. The number of carbonyl (C=O) groups excluding carboxylic acids is 2. The highest BCUT2D eigenvalue weighted by Crippen LogP contribution is 2.40. The minimum Gasteiger partial charge on any atom is -0.483 e. The lowest BCUT2D eigenvalue weighted by Crippen LogP contribution is -2.46. The van der Waals surface area contributed by atoms with Crippen LogP contribution in [0.1, 0.15) is 97.6 Å². The fourth-order valence-corrected chi connectivity index (χ4v) is 4.17. The van der Waals surface area contributed by atoms with Crippen LogP contribution in [-0.2, 0) is 20.8 Å². The molecule has 1 heterocycles. The number of carboxylic acids is 1. The van der Waals surface area contributed by atoms with E-state index in [1.54, 1.807) is 13.8 Å². The first-order valence-electron chi connectivity index (χ1n) is 13.4. The molecule has 2 atom stereocenters. The summed E-state index contributed by atoms with van der Waals surface area (Å²) >= 11 is 0. The number of benzene rings is 1. The number of carbonyl (C=O) groups is 3. The number of unbranched alkanes of at least 4 members (excludes halogenated alkanes) is 2. The number of carboxylic acid groups (broad SMARTS) is 1. The summed E-state index contributed by atoms with van der Waals surface area (Å²) in [5.41, 5.74) is 2.53. The van der Waals surface area contributed by atoms with E-state index in [0.717, 1.165) is 44.1 Å². The number of fused-ring (bicyclic) bond motifs is 1. The Kier molecular flexibility index (Phi) is 11.4. The van der Waals surface area contributed by atoms with Crippen molar-refractivity contribution >= 4 is 23.9 Å². The second kappa shape index (κ2) is 14.0. The van der Waals surface area contributed by atoms with Gasteiger partial charge in [0.25, 0.3) is 0 Å². The first-order valence-corrected chi connectivity index (χ1v) is 13.4. The fraction of sp³-hybridized carbons (Fsp3) is 0.567. The van der Waals surface area contributed by atoms with Gasteiger partial charge in [-0.3, -0.25) is 9.59 Å². The predicted molar refractivity (Wildman–Crippen MR) is 146 cm³/mol. The Bertz CT molecular complexity index is 1020. The summed E-state index contributed by atoms with van der Waals surface area (Å²) in [5.74, 6) is -1.30. The Balaban J connectivity index is 2.30. The van der Waals surface area contributed by atoms with Gasteiger partial charge in [-0.25, -0.2) is 4.79 Å². The van der Waals surface area contributed by atoms with Crippen molar-refractivity contribution < 1.29 is 29.0 Å². The number of ether oxygens (including phenoxy) is 2. The Morgan fingerprint density at radius 2 is 1.89 bits per heavy atom. The molecule has 0 saturated carbocycles. The van der Waals surface area contributed by atoms with E-state index in [1.807, 2.05) is 24.3 Å². The quantitative estimate of drug-likeness (QED) is 0.132. The molecule has 0 aromatic heterocycles. The molecule has 204 valence electrons. The molecule has 1 aromatic rings. The third kappa shape index (κ3) is 9.71. The topological polar surface area (TPSA) is 102 Å². The van der Waals surface area contributed by atoms with Crippen LogP contribution in [0.15, 0.2) is 29.9 Å². The van der Waals surface area contributed by atoms with Crippen molar-refractivity contribution in [3.05, 3.63) is 41.0 Å². The van der Waals surface area contributed by atoms with Gasteiger partial charge in [-0.1, -0.05) is 45.3 Å². The highest BCUT2D eigenvalue weighted by Gasteiger charge is 2.31. The summed E-state index contributed by atoms with van der Waals surface area (Å²) in [7, 11) is 0. The molecule has 2 N–H and O–H groups in total. The second-order valence-corrected chi connectivity index (χ2v) is 10.6. The molecule has 1 aromatic carbocycles. The maximum absolute atomic E-state index is 13.2. The molecule has 37 heavy (non-hydrogen) atoms. The lowest BCUT2D eigenvalue weighted by atomic mass is 9.93. The number of allylic oxidation sites excluding steroid dienone is 2. The van der Waals surface area contributed by atoms with Crippen LogP contribution in [0.2, 0.25) is 0 Å². The number of esters is 1. The fourth-order valence-electron chi connectivity index (χ4n) is 4.17. The summed E-state index contributed by atoms with van der Waals surface area (Å²) in [6.45, 7) is 12.0. The van der Waals surface area contributed by atoms with Gasteiger partial charge in [0.1, 0.15) is 23.1 Å². The van der Waals surface area contributed by atoms with Crippen LogP contribution in [0.3, 0.4) is 0 Å². The monoisotopic (exact) mass is 513 g/mol. The zero-order valence-electron chi connectivity index (χ0n) is 23.2. The molecule has 1 aliphatic rings. The van der Waals surface area contributed by atoms with Gasteiger partial charge in [-0.2, -0.15) is 0 Å². The largest absolute Gasteiger partial charge is 0.483 e. The van der Waals surface area contributed by atoms with Gasteiger partial charge >= 0.3 is 11.9 Å². The Hall–Kier alpha value is -3.09. The molecule has 0 bridgehead atoms. The molecular weight excluding hydrogens is 470 g/mol. The zero-order chi connectivity index (χ0) is 27.6. The lowest BCUT2D eigenvalue weighted by Gasteiger charge is -2.32. The van der Waals surface area contributed by atoms with Gasteiger partial charge in [0.15, 0.2) is 0 Å². The highest BCUT2D eigenvalue weighted by molar-refractivity contribution is 5.87. The van der Waals surface area contributed by atoms with Crippen LogP contribution in [0.5, 0.6) is 11.5 Å². The van der Waals surface area contributed by atoms with Gasteiger partial charge in [-0.15, -0.1) is 0 Å². The van der Waals surface area contributed by atoms with Crippen LogP contribution < -0.4 is 14.8 Å². The first kappa shape index (κ1) is 30.1. The van der Waals surface area contributed by atoms with Crippen LogP contribution in [0, 0.1) is 5.92 Å². The average Bonchev–Trinajstić information content (AvgIpc) is 2.80. The predicted octanol–water partition coefficient (Wildman–Crippen LogP) is 6.24. The summed E-state index contributed by atoms with van der Waals surface area (Å²) in [4.78, 5) is 36.2. The molecule has 2 unspecified atom stereocenters. The van der Waals surface area contributed by atoms with Crippen LogP contribution >= 0.6 is 0 Å². The van der Waals surface area contributed by atoms with E-state index in [2.05, 4.69) is 39.1 Å². The van der Waals surface area contributed by atoms with Gasteiger partial charge in [-0.05, 0) is 82.2 Å². The minimum absolute atomic E-state index is 0.198. The van der Waals surface area contributed by atoms with Crippen molar-refractivity contribution in [2.24, 2.45) is 5.92 Å². The molecule has 1 aliphatic heterocycles. The number of amides is 1. The van der Waals surface area contributed by atoms with Crippen LogP contribution in [0.25, 0.3) is 6.08 Å². The van der Waals surface area contributed by atoms with Crippen molar-refractivity contribution in [1.82, 2.24) is 5.32 Å². The zero-order valence-corrected chi connectivity index (χ0v) is 23.2. The van der Waals surface area contributed by atoms with Crippen molar-refractivity contribution in [3.63, 3.8) is 0 Å². The normalized spacial score (nSPS) is 16.9. The van der Waals surface area contributed by atoms with Crippen molar-refractivity contribution in [2.45, 2.75) is 105 Å². The third-order valence-electron chi connectivity index (χ3n) is 6.39. The van der Waals surface area contributed by atoms with Gasteiger partial charge in [0.2, 0.25) is 5.91 Å². The van der Waals surface area contributed by atoms with E-state index < -0.39 is 29.5 Å². The van der Waals surface area contributed by atoms with Crippen LogP contribution in [0.4, 0.5) is 0 Å².